The zero-order valence-corrected chi connectivity index (χ0v) is 23.8. The predicted octanol–water partition coefficient (Wildman–Crippen LogP) is 5.66. The summed E-state index contributed by atoms with van der Waals surface area (Å²) in [7, 11) is 1.58. The van der Waals surface area contributed by atoms with Gasteiger partial charge in [-0.15, -0.1) is 0 Å². The Morgan fingerprint density at radius 2 is 1.95 bits per heavy atom. The van der Waals surface area contributed by atoms with E-state index in [2.05, 4.69) is 6.07 Å². The van der Waals surface area contributed by atoms with Gasteiger partial charge in [0.1, 0.15) is 5.84 Å². The largest absolute Gasteiger partial charge is 0.418 e. The van der Waals surface area contributed by atoms with Gasteiger partial charge in [0.25, 0.3) is 5.92 Å². The molecule has 0 unspecified atom stereocenters. The van der Waals surface area contributed by atoms with Gasteiger partial charge in [-0.2, -0.15) is 18.4 Å². The monoisotopic (exact) mass is 601 g/mol. The third kappa shape index (κ3) is 5.44. The van der Waals surface area contributed by atoms with Gasteiger partial charge >= 0.3 is 11.9 Å². The van der Waals surface area contributed by atoms with Crippen molar-refractivity contribution in [3.63, 3.8) is 0 Å². The number of halogens is 5. The standard InChI is InChI=1S/C30H32F5N7O/c1-19-14-40(9-7-29(19,31)32)15-21-10-24(30(33,34)35)25-17-41(27(43)42(25)16-21)23-5-3-4-22(11-23)28(26(38)39(2)18-37)12-20(13-28)6-8-36/h3-5,10-11,16-20,37-38H,6-7,9,12-15H2,1-2H3/t19-,20?,28?/m1/s1. The van der Waals surface area contributed by atoms with Gasteiger partial charge in [-0.05, 0) is 48.1 Å². The van der Waals surface area contributed by atoms with Crippen molar-refractivity contribution in [1.29, 1.82) is 16.1 Å². The number of pyridine rings is 1. The van der Waals surface area contributed by atoms with E-state index in [4.69, 9.17) is 16.1 Å². The summed E-state index contributed by atoms with van der Waals surface area (Å²) in [5.74, 6) is -3.58. The number of benzene rings is 1. The number of likely N-dealkylation sites (tertiary alicyclic amines) is 1. The lowest BCUT2D eigenvalue weighted by molar-refractivity contribution is -0.136. The minimum atomic E-state index is -4.78. The van der Waals surface area contributed by atoms with Gasteiger partial charge in [0.05, 0.1) is 34.6 Å². The van der Waals surface area contributed by atoms with Crippen molar-refractivity contribution < 1.29 is 22.0 Å². The highest BCUT2D eigenvalue weighted by molar-refractivity contribution is 5.98. The molecule has 13 heteroatoms. The molecular weight excluding hydrogens is 569 g/mol. The molecule has 5 rings (SSSR count). The second-order valence-electron chi connectivity index (χ2n) is 11.8. The third-order valence-electron chi connectivity index (χ3n) is 8.88. The van der Waals surface area contributed by atoms with E-state index < -0.39 is 34.7 Å². The Labute approximate surface area is 245 Å². The molecule has 228 valence electrons. The fourth-order valence-electron chi connectivity index (χ4n) is 6.43. The van der Waals surface area contributed by atoms with E-state index in [1.165, 1.54) is 18.0 Å². The Balaban J connectivity index is 1.55. The minimum Gasteiger partial charge on any atom is -0.324 e. The van der Waals surface area contributed by atoms with E-state index in [-0.39, 0.29) is 48.9 Å². The van der Waals surface area contributed by atoms with Gasteiger partial charge in [0.2, 0.25) is 0 Å². The lowest BCUT2D eigenvalue weighted by Gasteiger charge is -2.49. The van der Waals surface area contributed by atoms with Crippen LogP contribution < -0.4 is 5.69 Å². The van der Waals surface area contributed by atoms with Crippen molar-refractivity contribution in [2.24, 2.45) is 11.8 Å². The molecule has 1 aliphatic carbocycles. The molecule has 0 bridgehead atoms. The van der Waals surface area contributed by atoms with E-state index >= 15 is 0 Å². The van der Waals surface area contributed by atoms with Crippen molar-refractivity contribution in [3.8, 4) is 11.8 Å². The Morgan fingerprint density at radius 1 is 1.23 bits per heavy atom. The second-order valence-corrected chi connectivity index (χ2v) is 11.8. The van der Waals surface area contributed by atoms with Crippen molar-refractivity contribution >= 4 is 17.7 Å². The summed E-state index contributed by atoms with van der Waals surface area (Å²) < 4.78 is 72.8. The number of nitrogens with one attached hydrogen (secondary N) is 2. The van der Waals surface area contributed by atoms with Gasteiger partial charge in [-0.25, -0.2) is 13.6 Å². The summed E-state index contributed by atoms with van der Waals surface area (Å²) in [5.41, 5.74) is -1.74. The number of hydrogen-bond acceptors (Lipinski definition) is 5. The van der Waals surface area contributed by atoms with E-state index in [0.717, 1.165) is 27.6 Å². The molecule has 0 spiro atoms. The van der Waals surface area contributed by atoms with Crippen LogP contribution in [-0.2, 0) is 18.1 Å². The Kier molecular flexibility index (Phi) is 7.71. The van der Waals surface area contributed by atoms with Crippen LogP contribution >= 0.6 is 0 Å². The van der Waals surface area contributed by atoms with Gasteiger partial charge in [0.15, 0.2) is 0 Å². The molecule has 2 aliphatic rings. The second kappa shape index (κ2) is 10.9. The van der Waals surface area contributed by atoms with Gasteiger partial charge < -0.3 is 4.90 Å². The van der Waals surface area contributed by atoms with Gasteiger partial charge in [-0.3, -0.25) is 24.7 Å². The molecular formula is C30H32F5N7O. The van der Waals surface area contributed by atoms with Crippen LogP contribution in [0.15, 0.2) is 47.5 Å². The van der Waals surface area contributed by atoms with E-state index in [9.17, 15) is 26.7 Å². The first kappa shape index (κ1) is 30.4. The summed E-state index contributed by atoms with van der Waals surface area (Å²) in [6.07, 6.45) is -0.398. The molecule has 1 atom stereocenters. The molecule has 0 radical (unpaired) electrons. The smallest absolute Gasteiger partial charge is 0.324 e. The number of amidine groups is 1. The maximum Gasteiger partial charge on any atom is 0.418 e. The zero-order valence-electron chi connectivity index (χ0n) is 23.8. The van der Waals surface area contributed by atoms with Crippen molar-refractivity contribution in [3.05, 3.63) is 69.9 Å². The van der Waals surface area contributed by atoms with Gasteiger partial charge in [0, 0.05) is 57.8 Å². The molecule has 1 saturated carbocycles. The first-order chi connectivity index (χ1) is 20.2. The topological polar surface area (TPSA) is 104 Å². The number of aromatic nitrogens is 2. The van der Waals surface area contributed by atoms with Crippen LogP contribution in [0.25, 0.3) is 11.2 Å². The average Bonchev–Trinajstić information content (AvgIpc) is 3.27. The highest BCUT2D eigenvalue weighted by atomic mass is 19.4. The molecule has 1 aromatic carbocycles. The molecule has 2 fully saturated rings. The molecule has 0 amide bonds. The molecule has 8 nitrogen and oxygen atoms in total. The lowest BCUT2D eigenvalue weighted by Crippen LogP contribution is -2.52. The SMILES string of the molecule is C[C@@H]1CN(Cc2cc(C(F)(F)F)c3cn(-c4cccc(C5(C(=N)N(C)C=N)CC(CC#N)C5)c4)c(=O)n3c2)CCC1(F)F. The van der Waals surface area contributed by atoms with E-state index in [0.29, 0.717) is 30.5 Å². The highest BCUT2D eigenvalue weighted by Crippen LogP contribution is 2.50. The molecule has 2 N–H and O–H groups in total. The predicted molar refractivity (Wildman–Crippen MR) is 151 cm³/mol. The van der Waals surface area contributed by atoms with E-state index in [1.54, 1.807) is 36.2 Å². The summed E-state index contributed by atoms with van der Waals surface area (Å²) in [6.45, 7) is 1.45. The molecule has 3 heterocycles. The van der Waals surface area contributed by atoms with Gasteiger partial charge in [-0.1, -0.05) is 19.1 Å². The molecule has 43 heavy (non-hydrogen) atoms. The molecule has 1 saturated heterocycles. The summed E-state index contributed by atoms with van der Waals surface area (Å²) in [4.78, 5) is 16.6. The number of piperidine rings is 1. The highest BCUT2D eigenvalue weighted by Gasteiger charge is 2.50. The minimum absolute atomic E-state index is 0.0123. The number of likely N-dealkylation sites (N-methyl/N-ethyl adjacent to an activating group) is 1. The summed E-state index contributed by atoms with van der Waals surface area (Å²) in [6, 6.07) is 9.83. The number of nitriles is 1. The number of imidazole rings is 1. The zero-order chi connectivity index (χ0) is 31.3. The van der Waals surface area contributed by atoms with Crippen molar-refractivity contribution in [2.75, 3.05) is 20.1 Å². The Hall–Kier alpha value is -4.05. The number of fused-ring (bicyclic) bond motifs is 1. The lowest BCUT2D eigenvalue weighted by atomic mass is 9.57. The van der Waals surface area contributed by atoms with Crippen LogP contribution in [0.3, 0.4) is 0 Å². The van der Waals surface area contributed by atoms with Crippen LogP contribution in [0.1, 0.15) is 49.3 Å². The average molecular weight is 602 g/mol. The molecule has 1 aliphatic heterocycles. The fourth-order valence-corrected chi connectivity index (χ4v) is 6.43. The maximum atomic E-state index is 14.2. The summed E-state index contributed by atoms with van der Waals surface area (Å²) >= 11 is 0. The van der Waals surface area contributed by atoms with Crippen LogP contribution in [0.2, 0.25) is 0 Å². The maximum absolute atomic E-state index is 14.2. The first-order valence-electron chi connectivity index (χ1n) is 13.9. The van der Waals surface area contributed by atoms with Crippen LogP contribution in [0.4, 0.5) is 22.0 Å². The van der Waals surface area contributed by atoms with E-state index in [1.807, 2.05) is 0 Å². The quantitative estimate of drug-likeness (QED) is 0.207. The van der Waals surface area contributed by atoms with Crippen LogP contribution in [0.5, 0.6) is 0 Å². The molecule has 3 aromatic rings. The number of alkyl halides is 5. The van der Waals surface area contributed by atoms with Crippen molar-refractivity contribution in [2.45, 2.75) is 56.7 Å². The number of nitrogens with zero attached hydrogens (tertiary/aromatic N) is 5. The number of rotatable bonds is 7. The Bertz CT molecular complexity index is 1660. The van der Waals surface area contributed by atoms with Crippen LogP contribution in [-0.4, -0.2) is 57.0 Å². The van der Waals surface area contributed by atoms with Crippen LogP contribution in [0, 0.1) is 34.0 Å². The fraction of sp³-hybridized carbons (Fsp3) is 0.467. The molecule has 2 aromatic heterocycles. The third-order valence-corrected chi connectivity index (χ3v) is 8.88. The summed E-state index contributed by atoms with van der Waals surface area (Å²) in [5, 5.41) is 25.5. The Morgan fingerprint density at radius 3 is 2.58 bits per heavy atom. The number of hydrogen-bond donors (Lipinski definition) is 2. The normalized spacial score (nSPS) is 23.9. The van der Waals surface area contributed by atoms with Crippen molar-refractivity contribution in [1.82, 2.24) is 18.8 Å². The first-order valence-corrected chi connectivity index (χ1v) is 13.9.